The first-order chi connectivity index (χ1) is 8.47. The Morgan fingerprint density at radius 1 is 1.56 bits per heavy atom. The fourth-order valence-corrected chi connectivity index (χ4v) is 1.81. The molecule has 0 radical (unpaired) electrons. The van der Waals surface area contributed by atoms with Crippen LogP contribution in [0.25, 0.3) is 5.57 Å². The summed E-state index contributed by atoms with van der Waals surface area (Å²) in [5.41, 5.74) is 0.928. The van der Waals surface area contributed by atoms with Crippen molar-refractivity contribution in [1.29, 1.82) is 0 Å². The van der Waals surface area contributed by atoms with E-state index in [1.165, 1.54) is 17.7 Å². The highest BCUT2D eigenvalue weighted by molar-refractivity contribution is 6.68. The number of carbonyl (C=O) groups is 1. The normalized spacial score (nSPS) is 11.2. The predicted molar refractivity (Wildman–Crippen MR) is 72.3 cm³/mol. The van der Waals surface area contributed by atoms with Gasteiger partial charge in [0.1, 0.15) is 0 Å². The van der Waals surface area contributed by atoms with Crippen molar-refractivity contribution in [2.75, 3.05) is 7.11 Å². The zero-order valence-electron chi connectivity index (χ0n) is 10.5. The van der Waals surface area contributed by atoms with Crippen LogP contribution < -0.4 is 10.3 Å². The van der Waals surface area contributed by atoms with E-state index in [0.29, 0.717) is 5.69 Å². The number of carbonyl (C=O) groups excluding carboxylic acids is 1. The molecule has 0 saturated heterocycles. The Bertz CT molecular complexity index is 585. The van der Waals surface area contributed by atoms with Crippen LogP contribution in [0.5, 0.6) is 5.75 Å². The van der Waals surface area contributed by atoms with E-state index in [9.17, 15) is 9.59 Å². The molecular formula is C13H14ClNO3. The quantitative estimate of drug-likeness (QED) is 0.622. The number of hydrogen-bond acceptors (Lipinski definition) is 3. The molecule has 0 aliphatic carbocycles. The van der Waals surface area contributed by atoms with E-state index in [2.05, 4.69) is 6.58 Å². The highest BCUT2D eigenvalue weighted by Crippen LogP contribution is 2.21. The average molecular weight is 268 g/mol. The molecule has 0 N–H and O–H groups in total. The SMILES string of the molecule is C=C/C(=C\C)c1cc(C(=O)Cl)c(OC)c(=O)n1C. The van der Waals surface area contributed by atoms with Crippen LogP contribution in [0.15, 0.2) is 29.6 Å². The summed E-state index contributed by atoms with van der Waals surface area (Å²) in [4.78, 5) is 23.4. The number of nitrogens with zero attached hydrogens (tertiary/aromatic N) is 1. The monoisotopic (exact) mass is 267 g/mol. The molecule has 5 heteroatoms. The first kappa shape index (κ1) is 14.3. The molecule has 0 aromatic carbocycles. The third kappa shape index (κ3) is 2.38. The first-order valence-electron chi connectivity index (χ1n) is 5.24. The number of ether oxygens (including phenoxy) is 1. The topological polar surface area (TPSA) is 48.3 Å². The van der Waals surface area contributed by atoms with E-state index in [0.717, 1.165) is 5.57 Å². The fourth-order valence-electron chi connectivity index (χ4n) is 1.67. The molecule has 18 heavy (non-hydrogen) atoms. The van der Waals surface area contributed by atoms with Crippen molar-refractivity contribution in [3.8, 4) is 5.75 Å². The molecule has 0 spiro atoms. The maximum atomic E-state index is 12.0. The van der Waals surface area contributed by atoms with Crippen molar-refractivity contribution in [3.63, 3.8) is 0 Å². The lowest BCUT2D eigenvalue weighted by molar-refractivity contribution is 0.107. The van der Waals surface area contributed by atoms with Gasteiger partial charge in [-0.1, -0.05) is 18.7 Å². The minimum atomic E-state index is -0.731. The molecule has 0 unspecified atom stereocenters. The summed E-state index contributed by atoms with van der Waals surface area (Å²) < 4.78 is 6.32. The van der Waals surface area contributed by atoms with E-state index in [-0.39, 0.29) is 11.3 Å². The molecular weight excluding hydrogens is 254 g/mol. The molecule has 0 bridgehead atoms. The summed E-state index contributed by atoms with van der Waals surface area (Å²) in [5.74, 6) is -0.0548. The minimum Gasteiger partial charge on any atom is -0.491 e. The second kappa shape index (κ2) is 5.69. The molecule has 0 aliphatic heterocycles. The van der Waals surface area contributed by atoms with E-state index in [4.69, 9.17) is 16.3 Å². The molecule has 96 valence electrons. The lowest BCUT2D eigenvalue weighted by Gasteiger charge is -2.13. The third-order valence-electron chi connectivity index (χ3n) is 2.63. The molecule has 1 rings (SSSR count). The molecule has 0 fully saturated rings. The van der Waals surface area contributed by atoms with E-state index in [1.54, 1.807) is 19.2 Å². The van der Waals surface area contributed by atoms with Gasteiger partial charge < -0.3 is 9.30 Å². The second-order valence-electron chi connectivity index (χ2n) is 3.56. The van der Waals surface area contributed by atoms with Gasteiger partial charge in [0.25, 0.3) is 10.8 Å². The Morgan fingerprint density at radius 3 is 2.56 bits per heavy atom. The van der Waals surface area contributed by atoms with Crippen LogP contribution in [0.1, 0.15) is 23.0 Å². The fraction of sp³-hybridized carbons (Fsp3) is 0.231. The van der Waals surface area contributed by atoms with Crippen molar-refractivity contribution >= 4 is 22.4 Å². The number of halogens is 1. The summed E-state index contributed by atoms with van der Waals surface area (Å²) in [5, 5.41) is -0.731. The Kier molecular flexibility index (Phi) is 4.50. The summed E-state index contributed by atoms with van der Waals surface area (Å²) in [6, 6.07) is 1.52. The van der Waals surface area contributed by atoms with E-state index < -0.39 is 10.8 Å². The zero-order chi connectivity index (χ0) is 13.9. The molecule has 0 amide bonds. The van der Waals surface area contributed by atoms with Crippen LogP contribution in [0.2, 0.25) is 0 Å². The smallest absolute Gasteiger partial charge is 0.293 e. The number of aromatic nitrogens is 1. The maximum Gasteiger partial charge on any atom is 0.293 e. The average Bonchev–Trinajstić information content (AvgIpc) is 2.35. The molecule has 1 heterocycles. The first-order valence-corrected chi connectivity index (χ1v) is 5.62. The van der Waals surface area contributed by atoms with Gasteiger partial charge in [0.15, 0.2) is 5.75 Å². The van der Waals surface area contributed by atoms with Crippen LogP contribution >= 0.6 is 11.6 Å². The second-order valence-corrected chi connectivity index (χ2v) is 3.91. The van der Waals surface area contributed by atoms with Gasteiger partial charge in [0, 0.05) is 7.05 Å². The number of allylic oxidation sites excluding steroid dienone is 3. The third-order valence-corrected chi connectivity index (χ3v) is 2.83. The Morgan fingerprint density at radius 2 is 2.17 bits per heavy atom. The lowest BCUT2D eigenvalue weighted by Crippen LogP contribution is -2.23. The van der Waals surface area contributed by atoms with Crippen LogP contribution in [-0.4, -0.2) is 16.9 Å². The van der Waals surface area contributed by atoms with Gasteiger partial charge in [-0.25, -0.2) is 0 Å². The molecule has 0 atom stereocenters. The van der Waals surface area contributed by atoms with Gasteiger partial charge in [0.05, 0.1) is 18.4 Å². The summed E-state index contributed by atoms with van der Waals surface area (Å²) in [6.07, 6.45) is 3.39. The zero-order valence-corrected chi connectivity index (χ0v) is 11.2. The molecule has 0 saturated carbocycles. The van der Waals surface area contributed by atoms with Gasteiger partial charge >= 0.3 is 0 Å². The predicted octanol–water partition coefficient (Wildman–Crippen LogP) is 2.36. The van der Waals surface area contributed by atoms with Gasteiger partial charge in [-0.3, -0.25) is 9.59 Å². The number of methoxy groups -OCH3 is 1. The van der Waals surface area contributed by atoms with Crippen molar-refractivity contribution in [2.24, 2.45) is 7.05 Å². The number of rotatable bonds is 4. The molecule has 4 nitrogen and oxygen atoms in total. The lowest BCUT2D eigenvalue weighted by atomic mass is 10.1. The minimum absolute atomic E-state index is 0.0541. The van der Waals surface area contributed by atoms with Crippen molar-refractivity contribution in [2.45, 2.75) is 6.92 Å². The van der Waals surface area contributed by atoms with Gasteiger partial charge in [-0.05, 0) is 30.2 Å². The molecule has 0 aliphatic rings. The van der Waals surface area contributed by atoms with E-state index >= 15 is 0 Å². The van der Waals surface area contributed by atoms with Crippen molar-refractivity contribution in [3.05, 3.63) is 46.4 Å². The Labute approximate surface area is 110 Å². The van der Waals surface area contributed by atoms with Crippen LogP contribution in [0.4, 0.5) is 0 Å². The van der Waals surface area contributed by atoms with E-state index in [1.807, 2.05) is 6.92 Å². The number of pyridine rings is 1. The molecule has 1 aromatic rings. The van der Waals surface area contributed by atoms with Gasteiger partial charge in [0.2, 0.25) is 0 Å². The Hall–Kier alpha value is -1.81. The maximum absolute atomic E-state index is 12.0. The highest BCUT2D eigenvalue weighted by Gasteiger charge is 2.18. The highest BCUT2D eigenvalue weighted by atomic mass is 35.5. The molecule has 1 aromatic heterocycles. The van der Waals surface area contributed by atoms with Crippen LogP contribution in [0, 0.1) is 0 Å². The Balaban J connectivity index is 3.73. The standard InChI is InChI=1S/C13H14ClNO3/c1-5-8(6-2)10-7-9(12(14)16)11(18-4)13(17)15(10)3/h5-7H,1H2,2-4H3/b8-6+. The summed E-state index contributed by atoms with van der Waals surface area (Å²) in [6.45, 7) is 5.48. The summed E-state index contributed by atoms with van der Waals surface area (Å²) in [7, 11) is 2.92. The summed E-state index contributed by atoms with van der Waals surface area (Å²) >= 11 is 5.46. The van der Waals surface area contributed by atoms with Gasteiger partial charge in [-0.2, -0.15) is 0 Å². The van der Waals surface area contributed by atoms with Crippen molar-refractivity contribution < 1.29 is 9.53 Å². The largest absolute Gasteiger partial charge is 0.491 e. The van der Waals surface area contributed by atoms with Crippen LogP contribution in [-0.2, 0) is 7.05 Å². The van der Waals surface area contributed by atoms with Crippen molar-refractivity contribution in [1.82, 2.24) is 4.57 Å². The number of hydrogen-bond donors (Lipinski definition) is 0. The van der Waals surface area contributed by atoms with Gasteiger partial charge in [-0.15, -0.1) is 0 Å². The van der Waals surface area contributed by atoms with Crippen LogP contribution in [0.3, 0.4) is 0 Å².